The van der Waals surface area contributed by atoms with Crippen LogP contribution in [-0.2, 0) is 0 Å². The Bertz CT molecular complexity index is 518. The molecule has 1 aromatic carbocycles. The van der Waals surface area contributed by atoms with Gasteiger partial charge in [-0.2, -0.15) is 0 Å². The second-order valence-electron chi connectivity index (χ2n) is 5.68. The topological polar surface area (TPSA) is 59.6 Å². The Balaban J connectivity index is 1.65. The molecule has 0 spiro atoms. The van der Waals surface area contributed by atoms with Gasteiger partial charge >= 0.3 is 0 Å². The fourth-order valence-electron chi connectivity index (χ4n) is 3.04. The third-order valence-corrected chi connectivity index (χ3v) is 4.22. The molecule has 1 amide bonds. The quantitative estimate of drug-likeness (QED) is 0.890. The van der Waals surface area contributed by atoms with Crippen molar-refractivity contribution in [2.24, 2.45) is 0 Å². The van der Waals surface area contributed by atoms with E-state index in [0.717, 1.165) is 19.3 Å². The van der Waals surface area contributed by atoms with Crippen LogP contribution >= 0.6 is 0 Å². The maximum atomic E-state index is 12.4. The molecule has 0 radical (unpaired) electrons. The van der Waals surface area contributed by atoms with Gasteiger partial charge in [0.2, 0.25) is 0 Å². The summed E-state index contributed by atoms with van der Waals surface area (Å²) in [5.74, 6) is 1.34. The van der Waals surface area contributed by atoms with E-state index in [1.165, 1.54) is 6.42 Å². The highest BCUT2D eigenvalue weighted by molar-refractivity contribution is 5.95. The Morgan fingerprint density at radius 3 is 2.71 bits per heavy atom. The molecule has 1 fully saturated rings. The smallest absolute Gasteiger partial charge is 0.251 e. The summed E-state index contributed by atoms with van der Waals surface area (Å²) < 4.78 is 11.0. The SMILES string of the molecule is CNC1CCCC(NC(=O)c2ccc3c(c2)OCCO3)C1. The lowest BCUT2D eigenvalue weighted by atomic mass is 9.91. The zero-order valence-corrected chi connectivity index (χ0v) is 12.4. The van der Waals surface area contributed by atoms with Crippen molar-refractivity contribution in [1.82, 2.24) is 10.6 Å². The standard InChI is InChI=1S/C16H22N2O3/c1-17-12-3-2-4-13(10-12)18-16(19)11-5-6-14-15(9-11)21-8-7-20-14/h5-6,9,12-13,17H,2-4,7-8,10H2,1H3,(H,18,19). The summed E-state index contributed by atoms with van der Waals surface area (Å²) >= 11 is 0. The first-order valence-corrected chi connectivity index (χ1v) is 7.64. The van der Waals surface area contributed by atoms with Gasteiger partial charge < -0.3 is 20.1 Å². The summed E-state index contributed by atoms with van der Waals surface area (Å²) in [6.07, 6.45) is 4.38. The third kappa shape index (κ3) is 3.29. The van der Waals surface area contributed by atoms with Gasteiger partial charge in [0.05, 0.1) is 0 Å². The molecule has 3 rings (SSSR count). The highest BCUT2D eigenvalue weighted by atomic mass is 16.6. The minimum atomic E-state index is -0.0336. The molecule has 2 atom stereocenters. The monoisotopic (exact) mass is 290 g/mol. The van der Waals surface area contributed by atoms with E-state index in [1.54, 1.807) is 18.2 Å². The molecule has 2 aliphatic rings. The number of hydrogen-bond acceptors (Lipinski definition) is 4. The van der Waals surface area contributed by atoms with Gasteiger partial charge in [0.25, 0.3) is 5.91 Å². The molecule has 0 saturated heterocycles. The predicted molar refractivity (Wildman–Crippen MR) is 80.0 cm³/mol. The fraction of sp³-hybridized carbons (Fsp3) is 0.562. The highest BCUT2D eigenvalue weighted by Crippen LogP contribution is 2.30. The molecule has 5 nitrogen and oxygen atoms in total. The average molecular weight is 290 g/mol. The van der Waals surface area contributed by atoms with Crippen molar-refractivity contribution < 1.29 is 14.3 Å². The first kappa shape index (κ1) is 14.2. The molecule has 2 unspecified atom stereocenters. The van der Waals surface area contributed by atoms with Crippen molar-refractivity contribution in [1.29, 1.82) is 0 Å². The van der Waals surface area contributed by atoms with E-state index in [-0.39, 0.29) is 11.9 Å². The normalized spacial score (nSPS) is 24.4. The molecule has 1 aromatic rings. The van der Waals surface area contributed by atoms with Gasteiger partial charge in [-0.3, -0.25) is 4.79 Å². The van der Waals surface area contributed by atoms with Crippen molar-refractivity contribution in [2.45, 2.75) is 37.8 Å². The summed E-state index contributed by atoms with van der Waals surface area (Å²) in [6, 6.07) is 6.12. The molecule has 114 valence electrons. The van der Waals surface area contributed by atoms with E-state index in [1.807, 2.05) is 7.05 Å². The Morgan fingerprint density at radius 2 is 1.90 bits per heavy atom. The van der Waals surface area contributed by atoms with Gasteiger partial charge in [0, 0.05) is 17.6 Å². The minimum absolute atomic E-state index is 0.0336. The fourth-order valence-corrected chi connectivity index (χ4v) is 3.04. The second kappa shape index (κ2) is 6.35. The molecular formula is C16H22N2O3. The van der Waals surface area contributed by atoms with Gasteiger partial charge in [0.1, 0.15) is 13.2 Å². The molecule has 0 aromatic heterocycles. The number of rotatable bonds is 3. The number of nitrogens with one attached hydrogen (secondary N) is 2. The van der Waals surface area contributed by atoms with Gasteiger partial charge in [-0.1, -0.05) is 0 Å². The van der Waals surface area contributed by atoms with Crippen LogP contribution < -0.4 is 20.1 Å². The van der Waals surface area contributed by atoms with Gasteiger partial charge in [-0.05, 0) is 50.9 Å². The third-order valence-electron chi connectivity index (χ3n) is 4.22. The summed E-state index contributed by atoms with van der Waals surface area (Å²) in [6.45, 7) is 1.09. The summed E-state index contributed by atoms with van der Waals surface area (Å²) in [4.78, 5) is 12.4. The maximum absolute atomic E-state index is 12.4. The molecule has 2 N–H and O–H groups in total. The lowest BCUT2D eigenvalue weighted by Crippen LogP contribution is -2.43. The van der Waals surface area contributed by atoms with E-state index in [0.29, 0.717) is 36.3 Å². The number of amides is 1. The lowest BCUT2D eigenvalue weighted by Gasteiger charge is -2.29. The van der Waals surface area contributed by atoms with Crippen molar-refractivity contribution in [2.75, 3.05) is 20.3 Å². The van der Waals surface area contributed by atoms with Crippen molar-refractivity contribution in [3.63, 3.8) is 0 Å². The molecule has 1 aliphatic carbocycles. The van der Waals surface area contributed by atoms with Crippen LogP contribution in [0.15, 0.2) is 18.2 Å². The Hall–Kier alpha value is -1.75. The number of hydrogen-bond donors (Lipinski definition) is 2. The van der Waals surface area contributed by atoms with Gasteiger partial charge in [-0.15, -0.1) is 0 Å². The number of benzene rings is 1. The molecule has 21 heavy (non-hydrogen) atoms. The van der Waals surface area contributed by atoms with E-state index in [2.05, 4.69) is 10.6 Å². The molecule has 1 aliphatic heterocycles. The molecule has 0 bridgehead atoms. The lowest BCUT2D eigenvalue weighted by molar-refractivity contribution is 0.0922. The second-order valence-corrected chi connectivity index (χ2v) is 5.68. The van der Waals surface area contributed by atoms with Crippen LogP contribution in [0.5, 0.6) is 11.5 Å². The zero-order chi connectivity index (χ0) is 14.7. The number of carbonyl (C=O) groups is 1. The van der Waals surface area contributed by atoms with E-state index < -0.39 is 0 Å². The van der Waals surface area contributed by atoms with Crippen LogP contribution in [0.2, 0.25) is 0 Å². The van der Waals surface area contributed by atoms with E-state index in [9.17, 15) is 4.79 Å². The predicted octanol–water partition coefficient (Wildman–Crippen LogP) is 1.72. The molecule has 1 saturated carbocycles. The Labute approximate surface area is 125 Å². The van der Waals surface area contributed by atoms with Crippen LogP contribution in [0.1, 0.15) is 36.0 Å². The van der Waals surface area contributed by atoms with Crippen molar-refractivity contribution in [3.05, 3.63) is 23.8 Å². The van der Waals surface area contributed by atoms with E-state index >= 15 is 0 Å². The van der Waals surface area contributed by atoms with Gasteiger partial charge in [-0.25, -0.2) is 0 Å². The van der Waals surface area contributed by atoms with Crippen LogP contribution in [0, 0.1) is 0 Å². The Kier molecular flexibility index (Phi) is 4.29. The number of fused-ring (bicyclic) bond motifs is 1. The van der Waals surface area contributed by atoms with Crippen LogP contribution in [0.4, 0.5) is 0 Å². The number of ether oxygens (including phenoxy) is 2. The minimum Gasteiger partial charge on any atom is -0.486 e. The first-order valence-electron chi connectivity index (χ1n) is 7.64. The molecule has 5 heteroatoms. The molecule has 1 heterocycles. The van der Waals surface area contributed by atoms with Crippen LogP contribution in [0.25, 0.3) is 0 Å². The van der Waals surface area contributed by atoms with Gasteiger partial charge in [0.15, 0.2) is 11.5 Å². The average Bonchev–Trinajstić information content (AvgIpc) is 2.54. The van der Waals surface area contributed by atoms with Crippen LogP contribution in [-0.4, -0.2) is 38.3 Å². The summed E-state index contributed by atoms with van der Waals surface area (Å²) in [7, 11) is 1.98. The summed E-state index contributed by atoms with van der Waals surface area (Å²) in [5.41, 5.74) is 0.630. The Morgan fingerprint density at radius 1 is 1.14 bits per heavy atom. The highest BCUT2D eigenvalue weighted by Gasteiger charge is 2.23. The van der Waals surface area contributed by atoms with Crippen LogP contribution in [0.3, 0.4) is 0 Å². The zero-order valence-electron chi connectivity index (χ0n) is 12.4. The largest absolute Gasteiger partial charge is 0.486 e. The number of carbonyl (C=O) groups excluding carboxylic acids is 1. The van der Waals surface area contributed by atoms with E-state index in [4.69, 9.17) is 9.47 Å². The maximum Gasteiger partial charge on any atom is 0.251 e. The molecular weight excluding hydrogens is 268 g/mol. The first-order chi connectivity index (χ1) is 10.3. The van der Waals surface area contributed by atoms with Crippen molar-refractivity contribution in [3.8, 4) is 11.5 Å². The van der Waals surface area contributed by atoms with Crippen molar-refractivity contribution >= 4 is 5.91 Å². The summed E-state index contributed by atoms with van der Waals surface area (Å²) in [5, 5.41) is 6.43.